The van der Waals surface area contributed by atoms with Crippen LogP contribution in [0.3, 0.4) is 0 Å². The number of benzene rings is 1. The molecule has 1 atom stereocenters. The van der Waals surface area contributed by atoms with E-state index in [1.807, 2.05) is 0 Å². The molecule has 1 aromatic carbocycles. The van der Waals surface area contributed by atoms with Gasteiger partial charge in [-0.05, 0) is 48.8 Å². The Bertz CT molecular complexity index is 413. The molecule has 1 heteroatoms. The zero-order chi connectivity index (χ0) is 11.9. The van der Waals surface area contributed by atoms with Gasteiger partial charge in [0, 0.05) is 12.0 Å². The molecule has 1 fully saturated rings. The van der Waals surface area contributed by atoms with Crippen LogP contribution in [0.5, 0.6) is 0 Å². The lowest BCUT2D eigenvalue weighted by molar-refractivity contribution is 0.236. The molecule has 17 heavy (non-hydrogen) atoms. The minimum Gasteiger partial charge on any atom is -0.316 e. The third-order valence-electron chi connectivity index (χ3n) is 4.93. The van der Waals surface area contributed by atoms with Gasteiger partial charge in [-0.2, -0.15) is 0 Å². The lowest BCUT2D eigenvalue weighted by atomic mass is 9.59. The third kappa shape index (κ3) is 1.72. The summed E-state index contributed by atoms with van der Waals surface area (Å²) in [5.74, 6) is 0. The molecule has 0 bridgehead atoms. The van der Waals surface area contributed by atoms with Gasteiger partial charge in [-0.1, -0.05) is 38.1 Å². The molecule has 1 heterocycles. The summed E-state index contributed by atoms with van der Waals surface area (Å²) in [4.78, 5) is 0. The van der Waals surface area contributed by atoms with Crippen LogP contribution in [0.15, 0.2) is 24.3 Å². The van der Waals surface area contributed by atoms with E-state index in [1.54, 1.807) is 11.1 Å². The predicted molar refractivity (Wildman–Crippen MR) is 72.5 cm³/mol. The molecule has 2 aliphatic rings. The molecule has 0 saturated carbocycles. The quantitative estimate of drug-likeness (QED) is 0.719. The first-order valence-corrected chi connectivity index (χ1v) is 6.95. The maximum Gasteiger partial charge on any atom is 0.00815 e. The molecule has 92 valence electrons. The highest BCUT2D eigenvalue weighted by Gasteiger charge is 2.42. The molecule has 1 spiro atoms. The Morgan fingerprint density at radius 3 is 2.47 bits per heavy atom. The van der Waals surface area contributed by atoms with E-state index in [-0.39, 0.29) is 0 Å². The lowest BCUT2D eigenvalue weighted by Crippen LogP contribution is -2.48. The molecule has 1 saturated heterocycles. The number of piperidine rings is 1. The molecule has 1 aromatic rings. The van der Waals surface area contributed by atoms with Crippen molar-refractivity contribution < 1.29 is 0 Å². The van der Waals surface area contributed by atoms with Crippen LogP contribution in [0.2, 0.25) is 0 Å². The summed E-state index contributed by atoms with van der Waals surface area (Å²) in [6.45, 7) is 7.18. The van der Waals surface area contributed by atoms with E-state index in [2.05, 4.69) is 43.4 Å². The number of hydrogen-bond donors (Lipinski definition) is 1. The van der Waals surface area contributed by atoms with Gasteiger partial charge in [-0.3, -0.25) is 0 Å². The summed E-state index contributed by atoms with van der Waals surface area (Å²) in [6.07, 6.45) is 5.37. The van der Waals surface area contributed by atoms with E-state index in [0.717, 1.165) is 0 Å². The maximum atomic E-state index is 3.61. The fraction of sp³-hybridized carbons (Fsp3) is 0.625. The van der Waals surface area contributed by atoms with Gasteiger partial charge < -0.3 is 5.32 Å². The zero-order valence-electron chi connectivity index (χ0n) is 11.1. The highest BCUT2D eigenvalue weighted by atomic mass is 14.9. The van der Waals surface area contributed by atoms with Crippen LogP contribution in [0, 0.1) is 0 Å². The third-order valence-corrected chi connectivity index (χ3v) is 4.93. The zero-order valence-corrected chi connectivity index (χ0v) is 11.1. The summed E-state index contributed by atoms with van der Waals surface area (Å²) in [5, 5.41) is 3.61. The molecule has 1 aliphatic heterocycles. The summed E-state index contributed by atoms with van der Waals surface area (Å²) in [6, 6.07) is 9.15. The number of hydrogen-bond acceptors (Lipinski definition) is 1. The van der Waals surface area contributed by atoms with Gasteiger partial charge in [0.25, 0.3) is 0 Å². The summed E-state index contributed by atoms with van der Waals surface area (Å²) in [5.41, 5.74) is 4.02. The predicted octanol–water partition coefficient (Wildman–Crippen LogP) is 3.38. The van der Waals surface area contributed by atoms with E-state index in [0.29, 0.717) is 10.8 Å². The van der Waals surface area contributed by atoms with Crippen LogP contribution in [-0.2, 0) is 10.8 Å². The second kappa shape index (κ2) is 3.84. The van der Waals surface area contributed by atoms with Crippen LogP contribution < -0.4 is 5.32 Å². The van der Waals surface area contributed by atoms with Gasteiger partial charge in [0.15, 0.2) is 0 Å². The van der Waals surface area contributed by atoms with E-state index >= 15 is 0 Å². The van der Waals surface area contributed by atoms with Crippen LogP contribution in [0.4, 0.5) is 0 Å². The Hall–Kier alpha value is -0.820. The largest absolute Gasteiger partial charge is 0.316 e. The second-order valence-electron chi connectivity index (χ2n) is 6.49. The topological polar surface area (TPSA) is 12.0 Å². The standard InChI is InChI=1S/C16H23N/c1-15(2)9-10-16(8-5-11-17-12-16)14-7-4-3-6-13(14)15/h3-4,6-7,17H,5,8-12H2,1-2H3. The minimum absolute atomic E-state index is 0.360. The average Bonchev–Trinajstić information content (AvgIpc) is 2.37. The molecular weight excluding hydrogens is 206 g/mol. The van der Waals surface area contributed by atoms with Gasteiger partial charge in [0.2, 0.25) is 0 Å². The highest BCUT2D eigenvalue weighted by molar-refractivity contribution is 5.42. The van der Waals surface area contributed by atoms with Crippen molar-refractivity contribution in [1.82, 2.24) is 5.32 Å². The molecular formula is C16H23N. The molecule has 3 rings (SSSR count). The fourth-order valence-electron chi connectivity index (χ4n) is 3.77. The Balaban J connectivity index is 2.10. The van der Waals surface area contributed by atoms with Gasteiger partial charge in [0.05, 0.1) is 0 Å². The smallest absolute Gasteiger partial charge is 0.00815 e. The lowest BCUT2D eigenvalue weighted by Gasteiger charge is -2.47. The maximum absolute atomic E-state index is 3.61. The van der Waals surface area contributed by atoms with Crippen LogP contribution in [-0.4, -0.2) is 13.1 Å². The Morgan fingerprint density at radius 2 is 1.76 bits per heavy atom. The minimum atomic E-state index is 0.360. The van der Waals surface area contributed by atoms with Crippen molar-refractivity contribution >= 4 is 0 Å². The Kier molecular flexibility index (Phi) is 2.55. The van der Waals surface area contributed by atoms with E-state index < -0.39 is 0 Å². The first-order valence-electron chi connectivity index (χ1n) is 6.95. The fourth-order valence-corrected chi connectivity index (χ4v) is 3.77. The van der Waals surface area contributed by atoms with Gasteiger partial charge in [-0.15, -0.1) is 0 Å². The highest BCUT2D eigenvalue weighted by Crippen LogP contribution is 2.48. The first kappa shape index (κ1) is 11.3. The van der Waals surface area contributed by atoms with Gasteiger partial charge in [0.1, 0.15) is 0 Å². The van der Waals surface area contributed by atoms with Crippen molar-refractivity contribution in [3.05, 3.63) is 35.4 Å². The SMILES string of the molecule is CC1(C)CCC2(CCCNC2)c2ccccc21. The molecule has 0 aromatic heterocycles. The second-order valence-corrected chi connectivity index (χ2v) is 6.49. The van der Waals surface area contributed by atoms with Crippen molar-refractivity contribution in [2.75, 3.05) is 13.1 Å². The summed E-state index contributed by atoms with van der Waals surface area (Å²) >= 11 is 0. The molecule has 1 aliphatic carbocycles. The van der Waals surface area contributed by atoms with Gasteiger partial charge in [-0.25, -0.2) is 0 Å². The summed E-state index contributed by atoms with van der Waals surface area (Å²) < 4.78 is 0. The van der Waals surface area contributed by atoms with E-state index in [1.165, 1.54) is 38.8 Å². The van der Waals surface area contributed by atoms with Crippen molar-refractivity contribution in [3.8, 4) is 0 Å². The Labute approximate surface area is 105 Å². The number of fused-ring (bicyclic) bond motifs is 2. The molecule has 1 unspecified atom stereocenters. The van der Waals surface area contributed by atoms with Crippen molar-refractivity contribution in [2.45, 2.75) is 50.4 Å². The molecule has 0 radical (unpaired) electrons. The molecule has 1 nitrogen and oxygen atoms in total. The molecule has 0 amide bonds. The van der Waals surface area contributed by atoms with Crippen molar-refractivity contribution in [1.29, 1.82) is 0 Å². The summed E-state index contributed by atoms with van der Waals surface area (Å²) in [7, 11) is 0. The average molecular weight is 229 g/mol. The van der Waals surface area contributed by atoms with Crippen molar-refractivity contribution in [2.24, 2.45) is 0 Å². The Morgan fingerprint density at radius 1 is 1.00 bits per heavy atom. The monoisotopic (exact) mass is 229 g/mol. The number of rotatable bonds is 0. The van der Waals surface area contributed by atoms with Crippen LogP contribution in [0.1, 0.15) is 50.7 Å². The van der Waals surface area contributed by atoms with Crippen molar-refractivity contribution in [3.63, 3.8) is 0 Å². The first-order chi connectivity index (χ1) is 8.14. The van der Waals surface area contributed by atoms with E-state index in [4.69, 9.17) is 0 Å². The van der Waals surface area contributed by atoms with Gasteiger partial charge >= 0.3 is 0 Å². The van der Waals surface area contributed by atoms with Crippen LogP contribution in [0.25, 0.3) is 0 Å². The normalized spacial score (nSPS) is 31.2. The number of nitrogens with one attached hydrogen (secondary N) is 1. The van der Waals surface area contributed by atoms with Crippen LogP contribution >= 0.6 is 0 Å². The van der Waals surface area contributed by atoms with E-state index in [9.17, 15) is 0 Å². The molecule has 1 N–H and O–H groups in total.